The van der Waals surface area contributed by atoms with Crippen LogP contribution < -0.4 is 5.32 Å². The van der Waals surface area contributed by atoms with Gasteiger partial charge in [-0.15, -0.1) is 0 Å². The third-order valence-corrected chi connectivity index (χ3v) is 6.20. The minimum atomic E-state index is -0.203. The van der Waals surface area contributed by atoms with E-state index in [9.17, 15) is 9.59 Å². The van der Waals surface area contributed by atoms with Gasteiger partial charge in [0.2, 0.25) is 11.8 Å². The lowest BCUT2D eigenvalue weighted by molar-refractivity contribution is -0.133. The summed E-state index contributed by atoms with van der Waals surface area (Å²) in [5.74, 6) is -0.319. The van der Waals surface area contributed by atoms with Crippen molar-refractivity contribution < 1.29 is 9.59 Å². The van der Waals surface area contributed by atoms with Crippen LogP contribution in [0.5, 0.6) is 0 Å². The van der Waals surface area contributed by atoms with Gasteiger partial charge in [0.05, 0.1) is 6.54 Å². The van der Waals surface area contributed by atoms with E-state index >= 15 is 0 Å². The number of likely N-dealkylation sites (N-methyl/N-ethyl adjacent to an activating group) is 1. The molecule has 152 valence electrons. The molecule has 0 aliphatic rings. The molecule has 0 radical (unpaired) electrons. The van der Waals surface area contributed by atoms with E-state index in [0.717, 1.165) is 43.4 Å². The van der Waals surface area contributed by atoms with E-state index in [0.29, 0.717) is 0 Å². The summed E-state index contributed by atoms with van der Waals surface area (Å²) in [6, 6.07) is 12.0. The molecule has 1 aromatic heterocycles. The fourth-order valence-corrected chi connectivity index (χ4v) is 4.26. The Morgan fingerprint density at radius 3 is 2.34 bits per heavy atom. The molecule has 0 fully saturated rings. The van der Waals surface area contributed by atoms with E-state index in [-0.39, 0.29) is 24.9 Å². The molecule has 0 saturated heterocycles. The number of hydrogen-bond donors (Lipinski definition) is 1. The van der Waals surface area contributed by atoms with Crippen LogP contribution in [0.4, 0.5) is 5.69 Å². The first-order valence-corrected chi connectivity index (χ1v) is 10.3. The highest BCUT2D eigenvalue weighted by Gasteiger charge is 2.18. The van der Waals surface area contributed by atoms with Crippen LogP contribution in [0.1, 0.15) is 22.4 Å². The topological polar surface area (TPSA) is 54.3 Å². The van der Waals surface area contributed by atoms with E-state index in [4.69, 9.17) is 0 Å². The van der Waals surface area contributed by atoms with Gasteiger partial charge in [-0.2, -0.15) is 0 Å². The van der Waals surface area contributed by atoms with Crippen LogP contribution >= 0.6 is 15.9 Å². The summed E-state index contributed by atoms with van der Waals surface area (Å²) < 4.78 is 2.97. The van der Waals surface area contributed by atoms with Crippen LogP contribution in [-0.2, 0) is 16.1 Å². The van der Waals surface area contributed by atoms with Crippen molar-refractivity contribution in [3.8, 4) is 0 Å². The summed E-state index contributed by atoms with van der Waals surface area (Å²) >= 11 is 3.61. The van der Waals surface area contributed by atoms with Crippen molar-refractivity contribution in [3.63, 3.8) is 0 Å². The predicted molar refractivity (Wildman–Crippen MR) is 121 cm³/mol. The summed E-state index contributed by atoms with van der Waals surface area (Å²) in [7, 11) is 1.66. The van der Waals surface area contributed by atoms with Crippen molar-refractivity contribution in [1.29, 1.82) is 0 Å². The summed E-state index contributed by atoms with van der Waals surface area (Å²) in [4.78, 5) is 26.8. The summed E-state index contributed by atoms with van der Waals surface area (Å²) in [5, 5.41) is 4.03. The number of benzene rings is 2. The Hall–Kier alpha value is -2.60. The van der Waals surface area contributed by atoms with Crippen LogP contribution in [0.25, 0.3) is 10.9 Å². The van der Waals surface area contributed by atoms with Crippen LogP contribution in [-0.4, -0.2) is 34.9 Å². The molecule has 0 saturated carbocycles. The molecule has 3 aromatic rings. The van der Waals surface area contributed by atoms with Crippen molar-refractivity contribution >= 4 is 44.3 Å². The lowest BCUT2D eigenvalue weighted by Gasteiger charge is -2.19. The third kappa shape index (κ3) is 4.37. The Labute approximate surface area is 179 Å². The zero-order chi connectivity index (χ0) is 21.3. The molecule has 2 aromatic carbocycles. The smallest absolute Gasteiger partial charge is 0.243 e. The van der Waals surface area contributed by atoms with Gasteiger partial charge >= 0.3 is 0 Å². The first kappa shape index (κ1) is 21.1. The largest absolute Gasteiger partial charge is 0.335 e. The van der Waals surface area contributed by atoms with Gasteiger partial charge in [-0.05, 0) is 60.8 Å². The molecule has 29 heavy (non-hydrogen) atoms. The van der Waals surface area contributed by atoms with Gasteiger partial charge in [-0.25, -0.2) is 0 Å². The van der Waals surface area contributed by atoms with Crippen molar-refractivity contribution in [2.45, 2.75) is 34.2 Å². The molecule has 6 heteroatoms. The number of nitrogens with one attached hydrogen (secondary N) is 1. The lowest BCUT2D eigenvalue weighted by Crippen LogP contribution is -2.37. The zero-order valence-corrected chi connectivity index (χ0v) is 19.1. The Morgan fingerprint density at radius 2 is 1.69 bits per heavy atom. The molecule has 5 nitrogen and oxygen atoms in total. The average molecular weight is 456 g/mol. The van der Waals surface area contributed by atoms with Crippen LogP contribution in [0.15, 0.2) is 40.9 Å². The van der Waals surface area contributed by atoms with Crippen LogP contribution in [0.3, 0.4) is 0 Å². The van der Waals surface area contributed by atoms with Gasteiger partial charge in [-0.1, -0.05) is 35.9 Å². The van der Waals surface area contributed by atoms with Crippen molar-refractivity contribution in [2.24, 2.45) is 0 Å². The van der Waals surface area contributed by atoms with Gasteiger partial charge in [-0.3, -0.25) is 9.59 Å². The van der Waals surface area contributed by atoms with E-state index in [2.05, 4.69) is 21.2 Å². The number of nitrogens with zero attached hydrogens (tertiary/aromatic N) is 2. The number of para-hydroxylation sites is 1. The normalized spacial score (nSPS) is 11.0. The van der Waals surface area contributed by atoms with E-state index < -0.39 is 0 Å². The number of hydrogen-bond acceptors (Lipinski definition) is 2. The average Bonchev–Trinajstić information content (AvgIpc) is 2.90. The van der Waals surface area contributed by atoms with Gasteiger partial charge in [0.25, 0.3) is 0 Å². The number of aromatic nitrogens is 1. The summed E-state index contributed by atoms with van der Waals surface area (Å²) in [6.07, 6.45) is 0. The summed E-state index contributed by atoms with van der Waals surface area (Å²) in [6.45, 7) is 8.15. The molecule has 0 aliphatic heterocycles. The molecular weight excluding hydrogens is 430 g/mol. The number of fused-ring (bicyclic) bond motifs is 1. The molecule has 1 heterocycles. The molecule has 0 aliphatic carbocycles. The van der Waals surface area contributed by atoms with Crippen molar-refractivity contribution in [3.05, 3.63) is 63.3 Å². The number of rotatable bonds is 5. The molecule has 0 atom stereocenters. The second kappa shape index (κ2) is 8.41. The van der Waals surface area contributed by atoms with Gasteiger partial charge < -0.3 is 14.8 Å². The van der Waals surface area contributed by atoms with Crippen molar-refractivity contribution in [1.82, 2.24) is 9.47 Å². The molecule has 0 bridgehead atoms. The monoisotopic (exact) mass is 455 g/mol. The second-order valence-electron chi connectivity index (χ2n) is 7.57. The maximum Gasteiger partial charge on any atom is 0.243 e. The number of carbonyl (C=O) groups excluding carboxylic acids is 2. The quantitative estimate of drug-likeness (QED) is 0.604. The molecule has 3 rings (SSSR count). The Morgan fingerprint density at radius 1 is 1.07 bits per heavy atom. The molecule has 0 spiro atoms. The Balaban J connectivity index is 1.70. The third-order valence-electron chi connectivity index (χ3n) is 5.20. The summed E-state index contributed by atoms with van der Waals surface area (Å²) in [5.41, 5.74) is 5.99. The van der Waals surface area contributed by atoms with Crippen molar-refractivity contribution in [2.75, 3.05) is 18.9 Å². The van der Waals surface area contributed by atoms with Crippen LogP contribution in [0.2, 0.25) is 0 Å². The Kier molecular flexibility index (Phi) is 6.13. The zero-order valence-electron chi connectivity index (χ0n) is 17.5. The highest BCUT2D eigenvalue weighted by atomic mass is 79.9. The van der Waals surface area contributed by atoms with E-state index in [1.54, 1.807) is 7.05 Å². The minimum absolute atomic E-state index is 0.00497. The molecule has 1 N–H and O–H groups in total. The van der Waals surface area contributed by atoms with Gasteiger partial charge in [0, 0.05) is 33.8 Å². The first-order valence-electron chi connectivity index (χ1n) is 9.54. The standard InChI is InChI=1S/C23H26BrN3O2/c1-14-10-15(2)23(16(3)11-14)25-20(28)12-26(5)21(29)13-27-17(4)22(24)18-8-6-7-9-19(18)27/h6-11H,12-13H2,1-5H3,(H,25,28). The lowest BCUT2D eigenvalue weighted by atomic mass is 10.1. The van der Waals surface area contributed by atoms with Gasteiger partial charge in [0.1, 0.15) is 6.54 Å². The minimum Gasteiger partial charge on any atom is -0.335 e. The number of carbonyl (C=O) groups is 2. The maximum atomic E-state index is 12.8. The number of halogens is 1. The van der Waals surface area contributed by atoms with Gasteiger partial charge in [0.15, 0.2) is 0 Å². The second-order valence-corrected chi connectivity index (χ2v) is 8.37. The SMILES string of the molecule is Cc1cc(C)c(NC(=O)CN(C)C(=O)Cn2c(C)c(Br)c3ccccc32)c(C)c1. The van der Waals surface area contributed by atoms with E-state index in [1.165, 1.54) is 4.90 Å². The van der Waals surface area contributed by atoms with E-state index in [1.807, 2.05) is 68.7 Å². The number of amides is 2. The maximum absolute atomic E-state index is 12.8. The number of aryl methyl sites for hydroxylation is 3. The fraction of sp³-hybridized carbons (Fsp3) is 0.304. The highest BCUT2D eigenvalue weighted by molar-refractivity contribution is 9.10. The molecule has 2 amide bonds. The highest BCUT2D eigenvalue weighted by Crippen LogP contribution is 2.30. The first-order chi connectivity index (χ1) is 13.7. The Bertz CT molecular complexity index is 1080. The number of anilines is 1. The predicted octanol–water partition coefficient (Wildman–Crippen LogP) is 4.73. The fourth-order valence-electron chi connectivity index (χ4n) is 3.71. The van der Waals surface area contributed by atoms with Crippen LogP contribution in [0, 0.1) is 27.7 Å². The molecule has 0 unspecified atom stereocenters. The molecular formula is C23H26BrN3O2.